The number of hydrogen-bond donors (Lipinski definition) is 2. The van der Waals surface area contributed by atoms with Gasteiger partial charge in [-0.3, -0.25) is 4.79 Å². The van der Waals surface area contributed by atoms with Gasteiger partial charge in [0.1, 0.15) is 16.4 Å². The van der Waals surface area contributed by atoms with Crippen molar-refractivity contribution in [2.75, 3.05) is 17.7 Å². The normalized spacial score (nSPS) is 10.6. The Kier molecular flexibility index (Phi) is 5.62. The fraction of sp³-hybridized carbons (Fsp3) is 0.158. The summed E-state index contributed by atoms with van der Waals surface area (Å²) in [5, 5.41) is 6.45. The van der Waals surface area contributed by atoms with Gasteiger partial charge in [0, 0.05) is 5.69 Å². The van der Waals surface area contributed by atoms with Crippen molar-refractivity contribution in [1.82, 2.24) is 4.98 Å². The highest BCUT2D eigenvalue weighted by Gasteiger charge is 2.18. The minimum atomic E-state index is -0.496. The van der Waals surface area contributed by atoms with E-state index >= 15 is 0 Å². The summed E-state index contributed by atoms with van der Waals surface area (Å²) in [6.45, 7) is 3.65. The second kappa shape index (κ2) is 7.94. The van der Waals surface area contributed by atoms with Crippen molar-refractivity contribution in [2.45, 2.75) is 13.8 Å². The smallest absolute Gasteiger partial charge is 0.267 e. The number of carbonyl (C=O) groups is 1. The lowest BCUT2D eigenvalue weighted by molar-refractivity contribution is 0.102. The highest BCUT2D eigenvalue weighted by Crippen LogP contribution is 2.31. The van der Waals surface area contributed by atoms with Gasteiger partial charge in [0.05, 0.1) is 23.5 Å². The number of ether oxygens (including phenoxy) is 1. The largest absolute Gasteiger partial charge is 0.495 e. The summed E-state index contributed by atoms with van der Waals surface area (Å²) in [6, 6.07) is 9.82. The van der Waals surface area contributed by atoms with E-state index in [1.807, 2.05) is 19.1 Å². The van der Waals surface area contributed by atoms with Crippen LogP contribution >= 0.6 is 22.9 Å². The molecule has 2 N–H and O–H groups in total. The van der Waals surface area contributed by atoms with Gasteiger partial charge >= 0.3 is 0 Å². The van der Waals surface area contributed by atoms with E-state index in [4.69, 9.17) is 16.3 Å². The predicted octanol–water partition coefficient (Wildman–Crippen LogP) is 5.56. The Morgan fingerprint density at radius 3 is 2.74 bits per heavy atom. The van der Waals surface area contributed by atoms with Crippen LogP contribution < -0.4 is 15.4 Å². The van der Waals surface area contributed by atoms with Crippen molar-refractivity contribution >= 4 is 45.4 Å². The summed E-state index contributed by atoms with van der Waals surface area (Å²) in [5.74, 6) is -0.183. The molecule has 0 radical (unpaired) electrons. The molecular weight excluding hydrogens is 389 g/mol. The topological polar surface area (TPSA) is 63.2 Å². The maximum absolute atomic E-state index is 13.3. The van der Waals surface area contributed by atoms with Gasteiger partial charge in [-0.15, -0.1) is 0 Å². The molecule has 8 heteroatoms. The number of nitrogens with zero attached hydrogens (tertiary/aromatic N) is 1. The number of thiazole rings is 1. The van der Waals surface area contributed by atoms with Crippen LogP contribution in [0.15, 0.2) is 36.4 Å². The standard InChI is InChI=1S/C19H17ClFN3O2S/c1-10-5-4-6-15(26-3)16(10)24-18(25)17-11(2)22-19(27-17)23-12-7-8-14(21)13(20)9-12/h4-9H,1-3H3,(H,22,23)(H,24,25). The molecule has 0 saturated carbocycles. The van der Waals surface area contributed by atoms with Crippen molar-refractivity contribution < 1.29 is 13.9 Å². The Morgan fingerprint density at radius 2 is 2.04 bits per heavy atom. The molecule has 3 rings (SSSR count). The molecular formula is C19H17ClFN3O2S. The zero-order chi connectivity index (χ0) is 19.6. The van der Waals surface area contributed by atoms with Gasteiger partial charge in [-0.05, 0) is 43.7 Å². The van der Waals surface area contributed by atoms with E-state index < -0.39 is 5.82 Å². The maximum atomic E-state index is 13.3. The van der Waals surface area contributed by atoms with E-state index in [9.17, 15) is 9.18 Å². The van der Waals surface area contributed by atoms with E-state index in [1.165, 1.54) is 23.5 Å². The van der Waals surface area contributed by atoms with Crippen molar-refractivity contribution in [2.24, 2.45) is 0 Å². The SMILES string of the molecule is COc1cccc(C)c1NC(=O)c1sc(Nc2ccc(F)c(Cl)c2)nc1C. The van der Waals surface area contributed by atoms with Crippen LogP contribution in [0.4, 0.5) is 20.9 Å². The molecule has 140 valence electrons. The number of para-hydroxylation sites is 1. The Morgan fingerprint density at radius 1 is 1.26 bits per heavy atom. The molecule has 1 amide bonds. The third kappa shape index (κ3) is 4.20. The van der Waals surface area contributed by atoms with E-state index in [1.54, 1.807) is 26.2 Å². The average molecular weight is 406 g/mol. The second-order valence-corrected chi connectivity index (χ2v) is 7.20. The third-order valence-corrected chi connectivity index (χ3v) is 5.23. The van der Waals surface area contributed by atoms with E-state index in [0.717, 1.165) is 5.56 Å². The van der Waals surface area contributed by atoms with Crippen molar-refractivity contribution in [1.29, 1.82) is 0 Å². The first-order valence-corrected chi connectivity index (χ1v) is 9.23. The van der Waals surface area contributed by atoms with Gasteiger partial charge in [0.25, 0.3) is 5.91 Å². The number of halogens is 2. The number of methoxy groups -OCH3 is 1. The van der Waals surface area contributed by atoms with E-state index in [2.05, 4.69) is 15.6 Å². The van der Waals surface area contributed by atoms with Crippen LogP contribution in [0, 0.1) is 19.7 Å². The summed E-state index contributed by atoms with van der Waals surface area (Å²) in [6.07, 6.45) is 0. The first-order chi connectivity index (χ1) is 12.9. The maximum Gasteiger partial charge on any atom is 0.267 e. The first-order valence-electron chi connectivity index (χ1n) is 8.03. The molecule has 0 unspecified atom stereocenters. The lowest BCUT2D eigenvalue weighted by atomic mass is 10.2. The van der Waals surface area contributed by atoms with Crippen LogP contribution in [-0.4, -0.2) is 18.0 Å². The van der Waals surface area contributed by atoms with E-state index in [-0.39, 0.29) is 10.9 Å². The number of carbonyl (C=O) groups excluding carboxylic acids is 1. The Balaban J connectivity index is 1.82. The van der Waals surface area contributed by atoms with Gasteiger partial charge < -0.3 is 15.4 Å². The summed E-state index contributed by atoms with van der Waals surface area (Å²) < 4.78 is 18.6. The lowest BCUT2D eigenvalue weighted by Gasteiger charge is -2.12. The highest BCUT2D eigenvalue weighted by atomic mass is 35.5. The molecule has 0 aliphatic rings. The molecule has 0 fully saturated rings. The van der Waals surface area contributed by atoms with E-state index in [0.29, 0.717) is 32.8 Å². The van der Waals surface area contributed by atoms with Crippen molar-refractivity contribution in [3.8, 4) is 5.75 Å². The average Bonchev–Trinajstić information content (AvgIpc) is 3.00. The van der Waals surface area contributed by atoms with Crippen LogP contribution in [0.3, 0.4) is 0 Å². The monoisotopic (exact) mass is 405 g/mol. The zero-order valence-electron chi connectivity index (χ0n) is 14.9. The van der Waals surface area contributed by atoms with Gasteiger partial charge in [-0.2, -0.15) is 0 Å². The summed E-state index contributed by atoms with van der Waals surface area (Å²) in [7, 11) is 1.55. The lowest BCUT2D eigenvalue weighted by Crippen LogP contribution is -2.13. The number of amides is 1. The number of anilines is 3. The number of benzene rings is 2. The fourth-order valence-electron chi connectivity index (χ4n) is 2.50. The minimum absolute atomic E-state index is 0.0119. The van der Waals surface area contributed by atoms with Gasteiger partial charge in [-0.25, -0.2) is 9.37 Å². The van der Waals surface area contributed by atoms with Crippen LogP contribution in [0.1, 0.15) is 20.9 Å². The molecule has 2 aromatic carbocycles. The van der Waals surface area contributed by atoms with Crippen molar-refractivity contribution in [3.63, 3.8) is 0 Å². The third-order valence-electron chi connectivity index (χ3n) is 3.87. The molecule has 0 bridgehead atoms. The van der Waals surface area contributed by atoms with Gasteiger partial charge in [0.15, 0.2) is 5.13 Å². The molecule has 3 aromatic rings. The quantitative estimate of drug-likeness (QED) is 0.583. The van der Waals surface area contributed by atoms with Crippen LogP contribution in [-0.2, 0) is 0 Å². The number of rotatable bonds is 5. The molecule has 5 nitrogen and oxygen atoms in total. The molecule has 27 heavy (non-hydrogen) atoms. The van der Waals surface area contributed by atoms with Gasteiger partial charge in [0.2, 0.25) is 0 Å². The van der Waals surface area contributed by atoms with Gasteiger partial charge in [-0.1, -0.05) is 35.1 Å². The van der Waals surface area contributed by atoms with Crippen LogP contribution in [0.25, 0.3) is 0 Å². The van der Waals surface area contributed by atoms with Crippen LogP contribution in [0.2, 0.25) is 5.02 Å². The number of hydrogen-bond acceptors (Lipinski definition) is 5. The highest BCUT2D eigenvalue weighted by molar-refractivity contribution is 7.17. The molecule has 0 atom stereocenters. The predicted molar refractivity (Wildman–Crippen MR) is 107 cm³/mol. The molecule has 0 aliphatic carbocycles. The summed E-state index contributed by atoms with van der Waals surface area (Å²) in [5.41, 5.74) is 2.69. The first kappa shape index (κ1) is 19.1. The molecule has 0 spiro atoms. The summed E-state index contributed by atoms with van der Waals surface area (Å²) in [4.78, 5) is 17.6. The Bertz CT molecular complexity index is 1010. The number of aryl methyl sites for hydroxylation is 2. The Labute approximate surface area is 165 Å². The summed E-state index contributed by atoms with van der Waals surface area (Å²) >= 11 is 6.99. The molecule has 1 aromatic heterocycles. The Hall–Kier alpha value is -2.64. The molecule has 1 heterocycles. The second-order valence-electron chi connectivity index (χ2n) is 5.79. The minimum Gasteiger partial charge on any atom is -0.495 e. The zero-order valence-corrected chi connectivity index (χ0v) is 16.5. The fourth-order valence-corrected chi connectivity index (χ4v) is 3.56. The van der Waals surface area contributed by atoms with Crippen molar-refractivity contribution in [3.05, 3.63) is 63.4 Å². The number of aromatic nitrogens is 1. The van der Waals surface area contributed by atoms with Crippen LogP contribution in [0.5, 0.6) is 5.75 Å². The molecule has 0 saturated heterocycles. The number of nitrogens with one attached hydrogen (secondary N) is 2. The molecule has 0 aliphatic heterocycles.